The van der Waals surface area contributed by atoms with Gasteiger partial charge in [0.05, 0.1) is 0 Å². The number of hydrogen-bond donors (Lipinski definition) is 1. The fraction of sp³-hybridized carbons (Fsp3) is 0.556. The second-order valence-electron chi connectivity index (χ2n) is 6.17. The second-order valence-corrected chi connectivity index (χ2v) is 6.17. The van der Waals surface area contributed by atoms with E-state index >= 15 is 0 Å². The van der Waals surface area contributed by atoms with Crippen LogP contribution in [0.4, 0.5) is 0 Å². The monoisotopic (exact) mass is 317 g/mol. The van der Waals surface area contributed by atoms with Gasteiger partial charge in [0, 0.05) is 43.3 Å². The molecule has 1 aromatic rings. The zero-order valence-corrected chi connectivity index (χ0v) is 14.1. The molecular formula is C18H27N3O2. The van der Waals surface area contributed by atoms with Gasteiger partial charge in [-0.1, -0.05) is 19.9 Å². The number of amides is 2. The van der Waals surface area contributed by atoms with E-state index < -0.39 is 0 Å². The Morgan fingerprint density at radius 1 is 1.22 bits per heavy atom. The Bertz CT molecular complexity index is 553. The van der Waals surface area contributed by atoms with E-state index in [2.05, 4.69) is 13.8 Å². The first kappa shape index (κ1) is 17.5. The maximum atomic E-state index is 12.7. The molecule has 1 heterocycles. The average molecular weight is 317 g/mol. The van der Waals surface area contributed by atoms with Crippen molar-refractivity contribution in [2.75, 3.05) is 26.2 Å². The van der Waals surface area contributed by atoms with E-state index in [9.17, 15) is 9.59 Å². The summed E-state index contributed by atoms with van der Waals surface area (Å²) in [5.74, 6) is -0.0355. The van der Waals surface area contributed by atoms with Crippen molar-refractivity contribution in [1.29, 1.82) is 0 Å². The molecule has 1 aliphatic heterocycles. The zero-order chi connectivity index (χ0) is 16.8. The third kappa shape index (κ3) is 4.32. The van der Waals surface area contributed by atoms with E-state index in [0.29, 0.717) is 24.2 Å². The standard InChI is InChI=1S/C18H27N3O2/c1-3-9-20(10-4-2)17(22)14-6-5-7-15(12-14)18(23)21-11-8-16(19)13-21/h5-7,12,16H,3-4,8-11,13,19H2,1-2H3/t16-/m1/s1. The van der Waals surface area contributed by atoms with E-state index in [1.54, 1.807) is 29.2 Å². The van der Waals surface area contributed by atoms with Gasteiger partial charge in [0.1, 0.15) is 0 Å². The third-order valence-corrected chi connectivity index (χ3v) is 4.14. The van der Waals surface area contributed by atoms with E-state index in [0.717, 1.165) is 32.4 Å². The van der Waals surface area contributed by atoms with Crippen LogP contribution in [0, 0.1) is 0 Å². The van der Waals surface area contributed by atoms with E-state index in [1.165, 1.54) is 0 Å². The summed E-state index contributed by atoms with van der Waals surface area (Å²) in [7, 11) is 0. The van der Waals surface area contributed by atoms with Gasteiger partial charge >= 0.3 is 0 Å². The molecule has 2 N–H and O–H groups in total. The quantitative estimate of drug-likeness (QED) is 0.874. The summed E-state index contributed by atoms with van der Waals surface area (Å²) in [6.45, 7) is 6.89. The SMILES string of the molecule is CCCN(CCC)C(=O)c1cccc(C(=O)N2CC[C@@H](N)C2)c1. The van der Waals surface area contributed by atoms with Crippen molar-refractivity contribution in [2.24, 2.45) is 5.73 Å². The Balaban J connectivity index is 2.15. The number of benzene rings is 1. The lowest BCUT2D eigenvalue weighted by Crippen LogP contribution is -2.33. The summed E-state index contributed by atoms with van der Waals surface area (Å²) in [4.78, 5) is 28.8. The van der Waals surface area contributed by atoms with Crippen molar-refractivity contribution in [3.63, 3.8) is 0 Å². The minimum absolute atomic E-state index is 0.00136. The maximum Gasteiger partial charge on any atom is 0.253 e. The van der Waals surface area contributed by atoms with Gasteiger partial charge in [-0.2, -0.15) is 0 Å². The summed E-state index contributed by atoms with van der Waals surface area (Å²) < 4.78 is 0. The largest absolute Gasteiger partial charge is 0.339 e. The molecule has 2 rings (SSSR count). The van der Waals surface area contributed by atoms with Crippen molar-refractivity contribution in [2.45, 2.75) is 39.2 Å². The van der Waals surface area contributed by atoms with Gasteiger partial charge in [0.15, 0.2) is 0 Å². The fourth-order valence-electron chi connectivity index (χ4n) is 2.98. The molecule has 5 nitrogen and oxygen atoms in total. The van der Waals surface area contributed by atoms with Crippen molar-refractivity contribution in [3.05, 3.63) is 35.4 Å². The lowest BCUT2D eigenvalue weighted by molar-refractivity contribution is 0.0755. The highest BCUT2D eigenvalue weighted by Crippen LogP contribution is 2.15. The highest BCUT2D eigenvalue weighted by molar-refractivity contribution is 5.99. The predicted molar refractivity (Wildman–Crippen MR) is 91.4 cm³/mol. The van der Waals surface area contributed by atoms with Gasteiger partial charge in [-0.05, 0) is 37.5 Å². The predicted octanol–water partition coefficient (Wildman–Crippen LogP) is 2.12. The van der Waals surface area contributed by atoms with Gasteiger partial charge in [-0.3, -0.25) is 9.59 Å². The van der Waals surface area contributed by atoms with Crippen LogP contribution >= 0.6 is 0 Å². The fourth-order valence-corrected chi connectivity index (χ4v) is 2.98. The normalized spacial score (nSPS) is 17.3. The Morgan fingerprint density at radius 3 is 2.43 bits per heavy atom. The first-order valence-corrected chi connectivity index (χ1v) is 8.51. The molecule has 0 aromatic heterocycles. The van der Waals surface area contributed by atoms with Crippen molar-refractivity contribution in [3.8, 4) is 0 Å². The zero-order valence-electron chi connectivity index (χ0n) is 14.1. The molecule has 1 saturated heterocycles. The molecule has 1 fully saturated rings. The van der Waals surface area contributed by atoms with Crippen molar-refractivity contribution in [1.82, 2.24) is 9.80 Å². The Kier molecular flexibility index (Phi) is 6.16. The van der Waals surface area contributed by atoms with Crippen LogP contribution in [0.3, 0.4) is 0 Å². The molecule has 0 bridgehead atoms. The molecule has 0 aliphatic carbocycles. The van der Waals surface area contributed by atoms with Crippen molar-refractivity contribution >= 4 is 11.8 Å². The van der Waals surface area contributed by atoms with Crippen LogP contribution in [0.2, 0.25) is 0 Å². The topological polar surface area (TPSA) is 66.6 Å². The van der Waals surface area contributed by atoms with E-state index in [-0.39, 0.29) is 17.9 Å². The van der Waals surface area contributed by atoms with Gasteiger partial charge < -0.3 is 15.5 Å². The number of rotatable bonds is 6. The van der Waals surface area contributed by atoms with Crippen LogP contribution < -0.4 is 5.73 Å². The number of hydrogen-bond acceptors (Lipinski definition) is 3. The molecule has 2 amide bonds. The molecule has 1 atom stereocenters. The number of nitrogens with zero attached hydrogens (tertiary/aromatic N) is 2. The summed E-state index contributed by atoms with van der Waals surface area (Å²) in [6, 6.07) is 7.12. The number of nitrogens with two attached hydrogens (primary N) is 1. The lowest BCUT2D eigenvalue weighted by atomic mass is 10.1. The average Bonchev–Trinajstić information content (AvgIpc) is 3.00. The lowest BCUT2D eigenvalue weighted by Gasteiger charge is -2.22. The molecule has 0 saturated carbocycles. The highest BCUT2D eigenvalue weighted by atomic mass is 16.2. The van der Waals surface area contributed by atoms with E-state index in [4.69, 9.17) is 5.73 Å². The smallest absolute Gasteiger partial charge is 0.253 e. The summed E-state index contributed by atoms with van der Waals surface area (Å²) in [5, 5.41) is 0. The first-order valence-electron chi connectivity index (χ1n) is 8.51. The molecule has 23 heavy (non-hydrogen) atoms. The summed E-state index contributed by atoms with van der Waals surface area (Å²) in [5.41, 5.74) is 7.02. The Morgan fingerprint density at radius 2 is 1.87 bits per heavy atom. The third-order valence-electron chi connectivity index (χ3n) is 4.14. The number of likely N-dealkylation sites (tertiary alicyclic amines) is 1. The molecule has 0 unspecified atom stereocenters. The van der Waals surface area contributed by atoms with Crippen LogP contribution in [0.5, 0.6) is 0 Å². The molecule has 126 valence electrons. The maximum absolute atomic E-state index is 12.7. The molecule has 0 radical (unpaired) electrons. The van der Waals surface area contributed by atoms with Gasteiger partial charge in [0.25, 0.3) is 11.8 Å². The minimum Gasteiger partial charge on any atom is -0.339 e. The first-order chi connectivity index (χ1) is 11.1. The molecule has 5 heteroatoms. The molecular weight excluding hydrogens is 290 g/mol. The Hall–Kier alpha value is -1.88. The Labute approximate surface area is 138 Å². The van der Waals surface area contributed by atoms with Gasteiger partial charge in [-0.15, -0.1) is 0 Å². The molecule has 1 aliphatic rings. The number of carbonyl (C=O) groups is 2. The number of carbonyl (C=O) groups excluding carboxylic acids is 2. The van der Waals surface area contributed by atoms with Gasteiger partial charge in [0.2, 0.25) is 0 Å². The van der Waals surface area contributed by atoms with Crippen LogP contribution in [-0.2, 0) is 0 Å². The van der Waals surface area contributed by atoms with Crippen molar-refractivity contribution < 1.29 is 9.59 Å². The molecule has 0 spiro atoms. The van der Waals surface area contributed by atoms with Crippen LogP contribution in [0.25, 0.3) is 0 Å². The minimum atomic E-state index is -0.0369. The van der Waals surface area contributed by atoms with Crippen LogP contribution in [0.1, 0.15) is 53.8 Å². The second kappa shape index (κ2) is 8.11. The van der Waals surface area contributed by atoms with Gasteiger partial charge in [-0.25, -0.2) is 0 Å². The van der Waals surface area contributed by atoms with Crippen LogP contribution in [-0.4, -0.2) is 53.8 Å². The highest BCUT2D eigenvalue weighted by Gasteiger charge is 2.25. The summed E-state index contributed by atoms with van der Waals surface area (Å²) >= 11 is 0. The van der Waals surface area contributed by atoms with Crippen LogP contribution in [0.15, 0.2) is 24.3 Å². The molecule has 1 aromatic carbocycles. The van der Waals surface area contributed by atoms with E-state index in [1.807, 2.05) is 4.90 Å². The summed E-state index contributed by atoms with van der Waals surface area (Å²) in [6.07, 6.45) is 2.69.